The SMILES string of the molecule is CC(=O)c1ccc(NC(=O)c2ccc(F)c(N)c2)cc1. The van der Waals surface area contributed by atoms with E-state index in [1.165, 1.54) is 19.1 Å². The van der Waals surface area contributed by atoms with Crippen molar-refractivity contribution in [2.24, 2.45) is 0 Å². The van der Waals surface area contributed by atoms with E-state index in [1.54, 1.807) is 24.3 Å². The summed E-state index contributed by atoms with van der Waals surface area (Å²) in [6.07, 6.45) is 0. The second kappa shape index (κ2) is 5.52. The van der Waals surface area contributed by atoms with Crippen LogP contribution in [-0.4, -0.2) is 11.7 Å². The van der Waals surface area contributed by atoms with E-state index in [0.29, 0.717) is 11.3 Å². The van der Waals surface area contributed by atoms with Gasteiger partial charge in [0.25, 0.3) is 5.91 Å². The molecule has 2 aromatic rings. The molecule has 0 aliphatic rings. The first kappa shape index (κ1) is 13.7. The fraction of sp³-hybridized carbons (Fsp3) is 0.0667. The Balaban J connectivity index is 2.14. The van der Waals surface area contributed by atoms with E-state index < -0.39 is 11.7 Å². The van der Waals surface area contributed by atoms with Crippen LogP contribution in [0, 0.1) is 5.82 Å². The number of anilines is 2. The molecule has 0 saturated carbocycles. The number of benzene rings is 2. The predicted octanol–water partition coefficient (Wildman–Crippen LogP) is 2.86. The molecule has 0 saturated heterocycles. The maximum Gasteiger partial charge on any atom is 0.255 e. The largest absolute Gasteiger partial charge is 0.396 e. The number of hydrogen-bond donors (Lipinski definition) is 2. The molecule has 0 atom stereocenters. The summed E-state index contributed by atoms with van der Waals surface area (Å²) >= 11 is 0. The number of ketones is 1. The fourth-order valence-electron chi connectivity index (χ4n) is 1.68. The van der Waals surface area contributed by atoms with E-state index in [9.17, 15) is 14.0 Å². The van der Waals surface area contributed by atoms with Crippen molar-refractivity contribution in [3.63, 3.8) is 0 Å². The van der Waals surface area contributed by atoms with Crippen molar-refractivity contribution in [1.29, 1.82) is 0 Å². The van der Waals surface area contributed by atoms with Crippen LogP contribution in [0.1, 0.15) is 27.6 Å². The van der Waals surface area contributed by atoms with Gasteiger partial charge < -0.3 is 11.1 Å². The monoisotopic (exact) mass is 272 g/mol. The van der Waals surface area contributed by atoms with Gasteiger partial charge in [-0.25, -0.2) is 4.39 Å². The highest BCUT2D eigenvalue weighted by Gasteiger charge is 2.09. The molecule has 0 bridgehead atoms. The molecule has 0 spiro atoms. The number of nitrogen functional groups attached to an aromatic ring is 1. The quantitative estimate of drug-likeness (QED) is 0.666. The van der Waals surface area contributed by atoms with Gasteiger partial charge in [-0.3, -0.25) is 9.59 Å². The molecule has 0 radical (unpaired) electrons. The van der Waals surface area contributed by atoms with E-state index >= 15 is 0 Å². The maximum absolute atomic E-state index is 13.0. The second-order valence-corrected chi connectivity index (χ2v) is 4.32. The zero-order chi connectivity index (χ0) is 14.7. The third-order valence-corrected chi connectivity index (χ3v) is 2.81. The van der Waals surface area contributed by atoms with Gasteiger partial charge >= 0.3 is 0 Å². The number of amides is 1. The van der Waals surface area contributed by atoms with Crippen molar-refractivity contribution in [2.45, 2.75) is 6.92 Å². The maximum atomic E-state index is 13.0. The number of rotatable bonds is 3. The molecule has 0 heterocycles. The molecule has 5 heteroatoms. The van der Waals surface area contributed by atoms with Crippen LogP contribution in [0.25, 0.3) is 0 Å². The molecular weight excluding hydrogens is 259 g/mol. The zero-order valence-electron chi connectivity index (χ0n) is 10.8. The number of nitrogens with two attached hydrogens (primary N) is 1. The van der Waals surface area contributed by atoms with E-state index in [-0.39, 0.29) is 17.0 Å². The van der Waals surface area contributed by atoms with Crippen LogP contribution in [0.15, 0.2) is 42.5 Å². The molecule has 0 aliphatic carbocycles. The summed E-state index contributed by atoms with van der Waals surface area (Å²) in [7, 11) is 0. The molecule has 0 fully saturated rings. The first-order valence-electron chi connectivity index (χ1n) is 5.95. The van der Waals surface area contributed by atoms with E-state index in [1.807, 2.05) is 0 Å². The standard InChI is InChI=1S/C15H13FN2O2/c1-9(19)10-2-5-12(6-3-10)18-15(20)11-4-7-13(16)14(17)8-11/h2-8H,17H2,1H3,(H,18,20). The lowest BCUT2D eigenvalue weighted by molar-refractivity contribution is 0.101. The Hall–Kier alpha value is -2.69. The average Bonchev–Trinajstić information content (AvgIpc) is 2.42. The van der Waals surface area contributed by atoms with E-state index in [0.717, 1.165) is 6.07 Å². The number of Topliss-reactive ketones (excluding diaryl/α,β-unsaturated/α-hetero) is 1. The van der Waals surface area contributed by atoms with Gasteiger partial charge in [0.15, 0.2) is 5.78 Å². The highest BCUT2D eigenvalue weighted by Crippen LogP contribution is 2.15. The van der Waals surface area contributed by atoms with Gasteiger partial charge in [-0.1, -0.05) is 0 Å². The Kier molecular flexibility index (Phi) is 3.79. The summed E-state index contributed by atoms with van der Waals surface area (Å²) in [4.78, 5) is 23.1. The van der Waals surface area contributed by atoms with Crippen LogP contribution in [0.4, 0.5) is 15.8 Å². The molecule has 4 nitrogen and oxygen atoms in total. The first-order valence-corrected chi connectivity index (χ1v) is 5.95. The molecule has 102 valence electrons. The van der Waals surface area contributed by atoms with Crippen molar-refractivity contribution in [2.75, 3.05) is 11.1 Å². The Morgan fingerprint density at radius 3 is 2.20 bits per heavy atom. The molecule has 1 amide bonds. The number of carbonyl (C=O) groups is 2. The summed E-state index contributed by atoms with van der Waals surface area (Å²) in [6, 6.07) is 10.3. The topological polar surface area (TPSA) is 72.2 Å². The van der Waals surface area contributed by atoms with E-state index in [2.05, 4.69) is 5.32 Å². The van der Waals surface area contributed by atoms with Crippen LogP contribution in [0.5, 0.6) is 0 Å². The molecule has 2 aromatic carbocycles. The number of halogens is 1. The Morgan fingerprint density at radius 2 is 1.65 bits per heavy atom. The number of nitrogens with one attached hydrogen (secondary N) is 1. The minimum absolute atomic E-state index is 0.0471. The summed E-state index contributed by atoms with van der Waals surface area (Å²) in [5.41, 5.74) is 6.71. The van der Waals surface area contributed by atoms with Crippen molar-refractivity contribution in [3.8, 4) is 0 Å². The van der Waals surface area contributed by atoms with Gasteiger partial charge in [-0.15, -0.1) is 0 Å². The van der Waals surface area contributed by atoms with Crippen LogP contribution in [0.3, 0.4) is 0 Å². The zero-order valence-corrected chi connectivity index (χ0v) is 10.8. The molecule has 3 N–H and O–H groups in total. The third kappa shape index (κ3) is 3.00. The number of carbonyl (C=O) groups excluding carboxylic acids is 2. The predicted molar refractivity (Wildman–Crippen MR) is 75.2 cm³/mol. The molecule has 0 unspecified atom stereocenters. The van der Waals surface area contributed by atoms with Gasteiger partial charge in [-0.05, 0) is 49.4 Å². The van der Waals surface area contributed by atoms with Crippen LogP contribution >= 0.6 is 0 Å². The molecule has 0 aliphatic heterocycles. The smallest absolute Gasteiger partial charge is 0.255 e. The summed E-state index contributed by atoms with van der Waals surface area (Å²) in [5.74, 6) is -1.01. The summed E-state index contributed by atoms with van der Waals surface area (Å²) < 4.78 is 13.0. The fourth-order valence-corrected chi connectivity index (χ4v) is 1.68. The van der Waals surface area contributed by atoms with Crippen molar-refractivity contribution in [1.82, 2.24) is 0 Å². The first-order chi connectivity index (χ1) is 9.47. The molecule has 20 heavy (non-hydrogen) atoms. The van der Waals surface area contributed by atoms with Crippen LogP contribution < -0.4 is 11.1 Å². The molecule has 2 rings (SSSR count). The van der Waals surface area contributed by atoms with Crippen LogP contribution in [-0.2, 0) is 0 Å². The summed E-state index contributed by atoms with van der Waals surface area (Å²) in [5, 5.41) is 2.64. The van der Waals surface area contributed by atoms with Gasteiger partial charge in [0.05, 0.1) is 5.69 Å². The summed E-state index contributed by atoms with van der Waals surface area (Å²) in [6.45, 7) is 1.47. The van der Waals surface area contributed by atoms with Gasteiger partial charge in [0.2, 0.25) is 0 Å². The Bertz CT molecular complexity index is 666. The lowest BCUT2D eigenvalue weighted by Crippen LogP contribution is -2.12. The van der Waals surface area contributed by atoms with Crippen molar-refractivity contribution in [3.05, 3.63) is 59.4 Å². The Labute approximate surface area is 115 Å². The van der Waals surface area contributed by atoms with E-state index in [4.69, 9.17) is 5.73 Å². The highest BCUT2D eigenvalue weighted by atomic mass is 19.1. The minimum atomic E-state index is -0.563. The third-order valence-electron chi connectivity index (χ3n) is 2.81. The van der Waals surface area contributed by atoms with Gasteiger partial charge in [0, 0.05) is 16.8 Å². The van der Waals surface area contributed by atoms with Gasteiger partial charge in [0.1, 0.15) is 5.82 Å². The molecular formula is C15H13FN2O2. The van der Waals surface area contributed by atoms with Gasteiger partial charge in [-0.2, -0.15) is 0 Å². The lowest BCUT2D eigenvalue weighted by Gasteiger charge is -2.06. The second-order valence-electron chi connectivity index (χ2n) is 4.32. The average molecular weight is 272 g/mol. The highest BCUT2D eigenvalue weighted by molar-refractivity contribution is 6.05. The van der Waals surface area contributed by atoms with Crippen molar-refractivity contribution >= 4 is 23.1 Å². The van der Waals surface area contributed by atoms with Crippen LogP contribution in [0.2, 0.25) is 0 Å². The minimum Gasteiger partial charge on any atom is -0.396 e. The lowest BCUT2D eigenvalue weighted by atomic mass is 10.1. The normalized spacial score (nSPS) is 10.1. The number of hydrogen-bond acceptors (Lipinski definition) is 3. The van der Waals surface area contributed by atoms with Crippen molar-refractivity contribution < 1.29 is 14.0 Å². The Morgan fingerprint density at radius 1 is 1.05 bits per heavy atom. The molecule has 0 aromatic heterocycles.